The average molecular weight is 333 g/mol. The maximum Gasteiger partial charge on any atom is 0.387 e. The average Bonchev–Trinajstić information content (AvgIpc) is 2.55. The predicted octanol–water partition coefficient (Wildman–Crippen LogP) is 4.36. The number of carbonyl (C=O) groups excluding carboxylic acids is 1. The molecule has 24 heavy (non-hydrogen) atoms. The van der Waals surface area contributed by atoms with Crippen LogP contribution in [-0.2, 0) is 11.2 Å². The van der Waals surface area contributed by atoms with Gasteiger partial charge in [-0.2, -0.15) is 8.78 Å². The number of halogens is 2. The molecule has 0 aromatic heterocycles. The Kier molecular flexibility index (Phi) is 5.90. The predicted molar refractivity (Wildman–Crippen MR) is 89.1 cm³/mol. The maximum atomic E-state index is 12.4. The van der Waals surface area contributed by atoms with Crippen molar-refractivity contribution in [3.05, 3.63) is 65.2 Å². The van der Waals surface area contributed by atoms with E-state index in [1.807, 2.05) is 38.1 Å². The van der Waals surface area contributed by atoms with Crippen LogP contribution in [0.4, 0.5) is 8.78 Å². The number of alkyl halides is 2. The lowest BCUT2D eigenvalue weighted by atomic mass is 10.0. The number of hydrogen-bond donors (Lipinski definition) is 0. The number of carbonyl (C=O) groups is 1. The van der Waals surface area contributed by atoms with Gasteiger partial charge in [0.15, 0.2) is 0 Å². The van der Waals surface area contributed by atoms with E-state index < -0.39 is 6.61 Å². The Morgan fingerprint density at radius 3 is 2.21 bits per heavy atom. The molecule has 2 rings (SSSR count). The Morgan fingerprint density at radius 1 is 1.08 bits per heavy atom. The summed E-state index contributed by atoms with van der Waals surface area (Å²) in [6.45, 7) is 1.14. The molecule has 128 valence electrons. The van der Waals surface area contributed by atoms with Crippen molar-refractivity contribution in [1.29, 1.82) is 0 Å². The highest BCUT2D eigenvalue weighted by molar-refractivity contribution is 5.79. The van der Waals surface area contributed by atoms with Gasteiger partial charge in [-0.1, -0.05) is 42.0 Å². The van der Waals surface area contributed by atoms with Crippen LogP contribution in [0.1, 0.15) is 29.7 Å². The molecule has 0 aliphatic carbocycles. The van der Waals surface area contributed by atoms with Gasteiger partial charge in [0, 0.05) is 7.05 Å². The zero-order valence-corrected chi connectivity index (χ0v) is 14.0. The van der Waals surface area contributed by atoms with Crippen molar-refractivity contribution in [2.45, 2.75) is 32.9 Å². The fourth-order valence-corrected chi connectivity index (χ4v) is 2.37. The fraction of sp³-hybridized carbons (Fsp3) is 0.316. The summed E-state index contributed by atoms with van der Waals surface area (Å²) < 4.78 is 28.6. The smallest absolute Gasteiger partial charge is 0.387 e. The van der Waals surface area contributed by atoms with Gasteiger partial charge in [-0.3, -0.25) is 4.79 Å². The van der Waals surface area contributed by atoms with Crippen molar-refractivity contribution in [2.24, 2.45) is 0 Å². The largest absolute Gasteiger partial charge is 0.435 e. The van der Waals surface area contributed by atoms with E-state index in [2.05, 4.69) is 4.74 Å². The van der Waals surface area contributed by atoms with Crippen molar-refractivity contribution < 1.29 is 18.3 Å². The van der Waals surface area contributed by atoms with Gasteiger partial charge in [-0.25, -0.2) is 0 Å². The molecule has 0 spiro atoms. The molecule has 5 heteroatoms. The molecule has 0 N–H and O–H groups in total. The first kappa shape index (κ1) is 17.9. The number of amides is 1. The first-order valence-electron chi connectivity index (χ1n) is 7.73. The van der Waals surface area contributed by atoms with Crippen molar-refractivity contribution in [3.8, 4) is 5.75 Å². The van der Waals surface area contributed by atoms with Crippen LogP contribution in [0.2, 0.25) is 0 Å². The van der Waals surface area contributed by atoms with Gasteiger partial charge < -0.3 is 9.64 Å². The van der Waals surface area contributed by atoms with E-state index in [4.69, 9.17) is 0 Å². The fourth-order valence-electron chi connectivity index (χ4n) is 2.37. The van der Waals surface area contributed by atoms with E-state index in [0.29, 0.717) is 0 Å². The second kappa shape index (κ2) is 7.90. The number of ether oxygens (including phenoxy) is 1. The third-order valence-electron chi connectivity index (χ3n) is 4.04. The second-order valence-electron chi connectivity index (χ2n) is 5.79. The standard InChI is InChI=1S/C19H21F2NO2/c1-13-4-8-16(9-5-13)14(2)22(3)18(23)12-15-6-10-17(11-7-15)24-19(20)21/h4-11,14,19H,12H2,1-3H3. The van der Waals surface area contributed by atoms with Crippen molar-refractivity contribution in [1.82, 2.24) is 4.90 Å². The van der Waals surface area contributed by atoms with Crippen LogP contribution < -0.4 is 4.74 Å². The molecule has 3 nitrogen and oxygen atoms in total. The van der Waals surface area contributed by atoms with Gasteiger partial charge in [0.1, 0.15) is 5.75 Å². The molecule has 0 aliphatic heterocycles. The summed E-state index contributed by atoms with van der Waals surface area (Å²) in [6, 6.07) is 14.2. The van der Waals surface area contributed by atoms with Crippen molar-refractivity contribution in [2.75, 3.05) is 7.05 Å². The highest BCUT2D eigenvalue weighted by Crippen LogP contribution is 2.21. The molecule has 1 unspecified atom stereocenters. The monoisotopic (exact) mass is 333 g/mol. The number of nitrogens with zero attached hydrogens (tertiary/aromatic N) is 1. The highest BCUT2D eigenvalue weighted by atomic mass is 19.3. The van der Waals surface area contributed by atoms with Gasteiger partial charge in [-0.15, -0.1) is 0 Å². The van der Waals surface area contributed by atoms with Crippen molar-refractivity contribution in [3.63, 3.8) is 0 Å². The number of likely N-dealkylation sites (N-methyl/N-ethyl adjacent to an activating group) is 1. The Morgan fingerprint density at radius 2 is 1.67 bits per heavy atom. The van der Waals surface area contributed by atoms with Gasteiger partial charge in [0.2, 0.25) is 5.91 Å². The van der Waals surface area contributed by atoms with E-state index in [-0.39, 0.29) is 24.1 Å². The summed E-state index contributed by atoms with van der Waals surface area (Å²) in [5, 5.41) is 0. The second-order valence-corrected chi connectivity index (χ2v) is 5.79. The first-order valence-corrected chi connectivity index (χ1v) is 7.73. The molecule has 2 aromatic carbocycles. The highest BCUT2D eigenvalue weighted by Gasteiger charge is 2.17. The zero-order chi connectivity index (χ0) is 17.7. The van der Waals surface area contributed by atoms with E-state index in [1.165, 1.54) is 17.7 Å². The van der Waals surface area contributed by atoms with Crippen LogP contribution in [-0.4, -0.2) is 24.5 Å². The minimum atomic E-state index is -2.85. The van der Waals surface area contributed by atoms with Gasteiger partial charge in [0.25, 0.3) is 0 Å². The number of rotatable bonds is 6. The molecule has 2 aromatic rings. The lowest BCUT2D eigenvalue weighted by molar-refractivity contribution is -0.131. The number of aryl methyl sites for hydroxylation is 1. The van der Waals surface area contributed by atoms with Crippen LogP contribution in [0.25, 0.3) is 0 Å². The molecule has 1 amide bonds. The van der Waals surface area contributed by atoms with Crippen LogP contribution in [0.5, 0.6) is 5.75 Å². The van der Waals surface area contributed by atoms with Gasteiger partial charge >= 0.3 is 6.61 Å². The Hall–Kier alpha value is -2.43. The summed E-state index contributed by atoms with van der Waals surface area (Å²) in [5.74, 6) is 0.0492. The summed E-state index contributed by atoms with van der Waals surface area (Å²) >= 11 is 0. The minimum absolute atomic E-state index is 0.0365. The Bertz CT molecular complexity index is 669. The van der Waals surface area contributed by atoms with Gasteiger partial charge in [0.05, 0.1) is 12.5 Å². The summed E-state index contributed by atoms with van der Waals surface area (Å²) in [5.41, 5.74) is 2.99. The van der Waals surface area contributed by atoms with Crippen LogP contribution in [0.15, 0.2) is 48.5 Å². The van der Waals surface area contributed by atoms with Crippen LogP contribution in [0, 0.1) is 6.92 Å². The minimum Gasteiger partial charge on any atom is -0.435 e. The molecule has 1 atom stereocenters. The number of benzene rings is 2. The topological polar surface area (TPSA) is 29.5 Å². The third kappa shape index (κ3) is 4.78. The SMILES string of the molecule is Cc1ccc(C(C)N(C)C(=O)Cc2ccc(OC(F)F)cc2)cc1. The normalized spacial score (nSPS) is 12.1. The van der Waals surface area contributed by atoms with Crippen molar-refractivity contribution >= 4 is 5.91 Å². The molecule has 0 bridgehead atoms. The maximum absolute atomic E-state index is 12.4. The molecular formula is C19H21F2NO2. The first-order chi connectivity index (χ1) is 11.4. The molecule has 0 aliphatic rings. The molecule has 0 fully saturated rings. The molecule has 0 saturated heterocycles. The lowest BCUT2D eigenvalue weighted by Crippen LogP contribution is -2.30. The van der Waals surface area contributed by atoms with Crippen LogP contribution >= 0.6 is 0 Å². The van der Waals surface area contributed by atoms with Crippen LogP contribution in [0.3, 0.4) is 0 Å². The molecule has 0 saturated carbocycles. The summed E-state index contributed by atoms with van der Waals surface area (Å²) in [7, 11) is 1.77. The van der Waals surface area contributed by atoms with E-state index in [0.717, 1.165) is 11.1 Å². The molecule has 0 radical (unpaired) electrons. The Labute approximate surface area is 140 Å². The van der Waals surface area contributed by atoms with E-state index >= 15 is 0 Å². The number of hydrogen-bond acceptors (Lipinski definition) is 2. The Balaban J connectivity index is 1.99. The van der Waals surface area contributed by atoms with Gasteiger partial charge in [-0.05, 0) is 37.1 Å². The van der Waals surface area contributed by atoms with E-state index in [9.17, 15) is 13.6 Å². The zero-order valence-electron chi connectivity index (χ0n) is 14.0. The lowest BCUT2D eigenvalue weighted by Gasteiger charge is -2.25. The summed E-state index contributed by atoms with van der Waals surface area (Å²) in [6.07, 6.45) is 0.210. The molecular weight excluding hydrogens is 312 g/mol. The summed E-state index contributed by atoms with van der Waals surface area (Å²) in [4.78, 5) is 14.1. The molecule has 0 heterocycles. The third-order valence-corrected chi connectivity index (χ3v) is 4.04. The quantitative estimate of drug-likeness (QED) is 0.786. The van der Waals surface area contributed by atoms with E-state index in [1.54, 1.807) is 24.1 Å².